The Hall–Kier alpha value is -2.69. The van der Waals surface area contributed by atoms with Crippen molar-refractivity contribution in [2.45, 2.75) is 39.7 Å². The molecule has 0 saturated carbocycles. The van der Waals surface area contributed by atoms with E-state index in [9.17, 15) is 14.0 Å². The second-order valence-corrected chi connectivity index (χ2v) is 7.66. The molecule has 1 heterocycles. The summed E-state index contributed by atoms with van der Waals surface area (Å²) in [6, 6.07) is 11.8. The van der Waals surface area contributed by atoms with Crippen molar-refractivity contribution in [2.75, 3.05) is 13.1 Å². The number of likely N-dealkylation sites (tertiary alicyclic amines) is 1. The van der Waals surface area contributed by atoms with Crippen molar-refractivity contribution < 1.29 is 14.0 Å². The fourth-order valence-electron chi connectivity index (χ4n) is 3.76. The van der Waals surface area contributed by atoms with Gasteiger partial charge in [-0.25, -0.2) is 4.39 Å². The first kappa shape index (κ1) is 20.1. The maximum absolute atomic E-state index is 13.0. The first-order valence-electron chi connectivity index (χ1n) is 9.77. The van der Waals surface area contributed by atoms with Crippen molar-refractivity contribution in [3.8, 4) is 0 Å². The zero-order valence-electron chi connectivity index (χ0n) is 16.7. The SMILES string of the molecule is Cc1ccc(C)c(C(C)NC(=O)C2CCN(C(=O)c3ccc(F)cc3)CC2)c1. The van der Waals surface area contributed by atoms with Gasteiger partial charge in [0, 0.05) is 24.6 Å². The minimum Gasteiger partial charge on any atom is -0.349 e. The molecule has 0 aromatic heterocycles. The molecule has 3 rings (SSSR count). The Labute approximate surface area is 165 Å². The second kappa shape index (κ2) is 8.55. The molecule has 0 aliphatic carbocycles. The number of halogens is 1. The van der Waals surface area contributed by atoms with Crippen LogP contribution in [0.3, 0.4) is 0 Å². The molecule has 4 nitrogen and oxygen atoms in total. The van der Waals surface area contributed by atoms with Crippen LogP contribution in [0.2, 0.25) is 0 Å². The van der Waals surface area contributed by atoms with Crippen molar-refractivity contribution >= 4 is 11.8 Å². The zero-order chi connectivity index (χ0) is 20.3. The largest absolute Gasteiger partial charge is 0.349 e. The van der Waals surface area contributed by atoms with Crippen LogP contribution in [0.5, 0.6) is 0 Å². The quantitative estimate of drug-likeness (QED) is 0.863. The molecule has 28 heavy (non-hydrogen) atoms. The van der Waals surface area contributed by atoms with Crippen LogP contribution < -0.4 is 5.32 Å². The van der Waals surface area contributed by atoms with Gasteiger partial charge >= 0.3 is 0 Å². The molecule has 1 N–H and O–H groups in total. The molecule has 148 valence electrons. The van der Waals surface area contributed by atoms with Gasteiger partial charge in [-0.1, -0.05) is 23.8 Å². The lowest BCUT2D eigenvalue weighted by Gasteiger charge is -2.32. The Bertz CT molecular complexity index is 855. The highest BCUT2D eigenvalue weighted by Crippen LogP contribution is 2.23. The van der Waals surface area contributed by atoms with Crippen molar-refractivity contribution in [3.05, 3.63) is 70.5 Å². The average molecular weight is 382 g/mol. The van der Waals surface area contributed by atoms with E-state index in [4.69, 9.17) is 0 Å². The number of nitrogens with zero attached hydrogens (tertiary/aromatic N) is 1. The summed E-state index contributed by atoms with van der Waals surface area (Å²) in [6.07, 6.45) is 1.27. The summed E-state index contributed by atoms with van der Waals surface area (Å²) in [5.74, 6) is -0.514. The molecule has 0 spiro atoms. The van der Waals surface area contributed by atoms with E-state index in [-0.39, 0.29) is 29.6 Å². The van der Waals surface area contributed by atoms with Crippen molar-refractivity contribution in [2.24, 2.45) is 5.92 Å². The Morgan fingerprint density at radius 2 is 1.71 bits per heavy atom. The number of carbonyl (C=O) groups excluding carboxylic acids is 2. The van der Waals surface area contributed by atoms with E-state index in [0.29, 0.717) is 31.5 Å². The van der Waals surface area contributed by atoms with E-state index in [1.165, 1.54) is 29.8 Å². The summed E-state index contributed by atoms with van der Waals surface area (Å²) in [5.41, 5.74) is 3.96. The van der Waals surface area contributed by atoms with E-state index >= 15 is 0 Å². The van der Waals surface area contributed by atoms with Crippen LogP contribution in [-0.2, 0) is 4.79 Å². The van der Waals surface area contributed by atoms with E-state index in [1.807, 2.05) is 13.8 Å². The number of carbonyl (C=O) groups is 2. The summed E-state index contributed by atoms with van der Waals surface area (Å²) in [7, 11) is 0. The summed E-state index contributed by atoms with van der Waals surface area (Å²) in [4.78, 5) is 27.0. The van der Waals surface area contributed by atoms with Crippen LogP contribution in [0.25, 0.3) is 0 Å². The van der Waals surface area contributed by atoms with Crippen molar-refractivity contribution in [3.63, 3.8) is 0 Å². The number of rotatable bonds is 4. The number of hydrogen-bond acceptors (Lipinski definition) is 2. The van der Waals surface area contributed by atoms with Gasteiger partial charge in [-0.15, -0.1) is 0 Å². The molecule has 0 radical (unpaired) electrons. The lowest BCUT2D eigenvalue weighted by molar-refractivity contribution is -0.127. The van der Waals surface area contributed by atoms with Gasteiger partial charge in [-0.05, 0) is 69.0 Å². The molecule has 1 aliphatic rings. The van der Waals surface area contributed by atoms with Gasteiger partial charge in [0.15, 0.2) is 0 Å². The van der Waals surface area contributed by atoms with Gasteiger partial charge in [-0.3, -0.25) is 9.59 Å². The van der Waals surface area contributed by atoms with Gasteiger partial charge in [0.2, 0.25) is 5.91 Å². The van der Waals surface area contributed by atoms with Gasteiger partial charge in [0.1, 0.15) is 5.82 Å². The van der Waals surface area contributed by atoms with Gasteiger partial charge < -0.3 is 10.2 Å². The number of hydrogen-bond donors (Lipinski definition) is 1. The van der Waals surface area contributed by atoms with Gasteiger partial charge in [0.05, 0.1) is 6.04 Å². The van der Waals surface area contributed by atoms with Gasteiger partial charge in [-0.2, -0.15) is 0 Å². The standard InChI is InChI=1S/C23H27FN2O2/c1-15-4-5-16(2)21(14-15)17(3)25-22(27)18-10-12-26(13-11-18)23(28)19-6-8-20(24)9-7-19/h4-9,14,17-18H,10-13H2,1-3H3,(H,25,27). The molecule has 1 aliphatic heterocycles. The zero-order valence-corrected chi connectivity index (χ0v) is 16.7. The molecule has 1 saturated heterocycles. The first-order valence-corrected chi connectivity index (χ1v) is 9.77. The lowest BCUT2D eigenvalue weighted by atomic mass is 9.94. The molecule has 2 amide bonds. The third-order valence-electron chi connectivity index (χ3n) is 5.50. The van der Waals surface area contributed by atoms with Crippen molar-refractivity contribution in [1.82, 2.24) is 10.2 Å². The first-order chi connectivity index (χ1) is 13.3. The van der Waals surface area contributed by atoms with E-state index in [0.717, 1.165) is 11.1 Å². The molecule has 5 heteroatoms. The molecule has 1 unspecified atom stereocenters. The number of aryl methyl sites for hydroxylation is 2. The second-order valence-electron chi connectivity index (χ2n) is 7.66. The van der Waals surface area contributed by atoms with Crippen LogP contribution >= 0.6 is 0 Å². The highest BCUT2D eigenvalue weighted by atomic mass is 19.1. The molecular weight excluding hydrogens is 355 g/mol. The maximum Gasteiger partial charge on any atom is 0.253 e. The van der Waals surface area contributed by atoms with Crippen LogP contribution in [0, 0.1) is 25.6 Å². The minimum atomic E-state index is -0.357. The Kier molecular flexibility index (Phi) is 6.12. The molecule has 0 bridgehead atoms. The van der Waals surface area contributed by atoms with Gasteiger partial charge in [0.25, 0.3) is 5.91 Å². The van der Waals surface area contributed by atoms with Crippen LogP contribution in [0.1, 0.15) is 52.9 Å². The molecule has 1 atom stereocenters. The predicted octanol–water partition coefficient (Wildman–Crippen LogP) is 4.17. The number of benzene rings is 2. The third kappa shape index (κ3) is 4.58. The number of amides is 2. The van der Waals surface area contributed by atoms with E-state index in [1.54, 1.807) is 4.90 Å². The minimum absolute atomic E-state index is 0.0438. The summed E-state index contributed by atoms with van der Waals surface area (Å²) < 4.78 is 13.0. The van der Waals surface area contributed by atoms with E-state index in [2.05, 4.69) is 30.4 Å². The lowest BCUT2D eigenvalue weighted by Crippen LogP contribution is -2.43. The molecular formula is C23H27FN2O2. The summed E-state index contributed by atoms with van der Waals surface area (Å²) >= 11 is 0. The third-order valence-corrected chi connectivity index (χ3v) is 5.50. The van der Waals surface area contributed by atoms with Crippen molar-refractivity contribution in [1.29, 1.82) is 0 Å². The molecule has 2 aromatic rings. The normalized spacial score (nSPS) is 15.9. The Balaban J connectivity index is 1.55. The Morgan fingerprint density at radius 3 is 2.36 bits per heavy atom. The summed E-state index contributed by atoms with van der Waals surface area (Å²) in [5, 5.41) is 3.13. The van der Waals surface area contributed by atoms with Crippen LogP contribution in [0.15, 0.2) is 42.5 Å². The monoisotopic (exact) mass is 382 g/mol. The van der Waals surface area contributed by atoms with E-state index < -0.39 is 0 Å². The van der Waals surface area contributed by atoms with Crippen LogP contribution in [-0.4, -0.2) is 29.8 Å². The maximum atomic E-state index is 13.0. The number of nitrogens with one attached hydrogen (secondary N) is 1. The average Bonchev–Trinajstić information content (AvgIpc) is 2.70. The topological polar surface area (TPSA) is 49.4 Å². The highest BCUT2D eigenvalue weighted by molar-refractivity contribution is 5.94. The predicted molar refractivity (Wildman–Crippen MR) is 108 cm³/mol. The Morgan fingerprint density at radius 1 is 1.07 bits per heavy atom. The fourth-order valence-corrected chi connectivity index (χ4v) is 3.76. The fraction of sp³-hybridized carbons (Fsp3) is 0.391. The van der Waals surface area contributed by atoms with Crippen LogP contribution in [0.4, 0.5) is 4.39 Å². The smallest absolute Gasteiger partial charge is 0.253 e. The summed E-state index contributed by atoms with van der Waals surface area (Å²) in [6.45, 7) is 7.17. The highest BCUT2D eigenvalue weighted by Gasteiger charge is 2.28. The molecule has 2 aromatic carbocycles. The number of piperidine rings is 1. The molecule has 1 fully saturated rings.